The van der Waals surface area contributed by atoms with E-state index in [-0.39, 0.29) is 5.91 Å². The number of rotatable bonds is 4. The van der Waals surface area contributed by atoms with Crippen molar-refractivity contribution in [3.8, 4) is 0 Å². The van der Waals surface area contributed by atoms with Gasteiger partial charge in [-0.1, -0.05) is 12.2 Å². The Labute approximate surface area is 102 Å². The molecular formula is C13H19N3O. The van der Waals surface area contributed by atoms with Crippen molar-refractivity contribution in [2.75, 3.05) is 19.3 Å². The van der Waals surface area contributed by atoms with Gasteiger partial charge in [-0.15, -0.1) is 0 Å². The summed E-state index contributed by atoms with van der Waals surface area (Å²) in [4.78, 5) is 13.9. The molecule has 2 rings (SSSR count). The quantitative estimate of drug-likeness (QED) is 0.809. The Kier molecular flexibility index (Phi) is 2.96. The highest BCUT2D eigenvalue weighted by molar-refractivity contribution is 5.94. The molecule has 1 amide bonds. The molecule has 0 atom stereocenters. The number of anilines is 1. The first-order chi connectivity index (χ1) is 7.99. The second-order valence-corrected chi connectivity index (χ2v) is 4.92. The van der Waals surface area contributed by atoms with Gasteiger partial charge in [0, 0.05) is 25.8 Å². The van der Waals surface area contributed by atoms with Crippen LogP contribution in [0.1, 0.15) is 36.3 Å². The van der Waals surface area contributed by atoms with Crippen LogP contribution in [-0.2, 0) is 0 Å². The Morgan fingerprint density at radius 2 is 2.29 bits per heavy atom. The molecule has 0 radical (unpaired) electrons. The van der Waals surface area contributed by atoms with Gasteiger partial charge in [0.25, 0.3) is 5.91 Å². The molecule has 4 nitrogen and oxygen atoms in total. The van der Waals surface area contributed by atoms with E-state index in [1.165, 1.54) is 0 Å². The highest BCUT2D eigenvalue weighted by Gasteiger charge is 2.28. The Hall–Kier alpha value is -1.71. The molecule has 0 unspecified atom stereocenters. The molecule has 1 aromatic rings. The predicted octanol–water partition coefficient (Wildman–Crippen LogP) is 2.05. The topological polar surface area (TPSA) is 51.3 Å². The number of hydrogen-bond donors (Lipinski definition) is 1. The van der Waals surface area contributed by atoms with Gasteiger partial charge >= 0.3 is 0 Å². The van der Waals surface area contributed by atoms with E-state index < -0.39 is 0 Å². The number of nitrogens with two attached hydrogens (primary N) is 1. The summed E-state index contributed by atoms with van der Waals surface area (Å²) in [7, 11) is 1.79. The third kappa shape index (κ3) is 2.52. The third-order valence-electron chi connectivity index (χ3n) is 2.88. The highest BCUT2D eigenvalue weighted by atomic mass is 16.2. The molecule has 92 valence electrons. The average molecular weight is 233 g/mol. The zero-order chi connectivity index (χ0) is 12.6. The van der Waals surface area contributed by atoms with Crippen molar-refractivity contribution in [1.82, 2.24) is 9.47 Å². The van der Waals surface area contributed by atoms with Crippen LogP contribution in [0.15, 0.2) is 24.4 Å². The second kappa shape index (κ2) is 4.28. The minimum Gasteiger partial charge on any atom is -0.397 e. The van der Waals surface area contributed by atoms with Crippen molar-refractivity contribution in [3.63, 3.8) is 0 Å². The summed E-state index contributed by atoms with van der Waals surface area (Å²) in [6, 6.07) is 2.22. The van der Waals surface area contributed by atoms with E-state index in [0.29, 0.717) is 24.0 Å². The summed E-state index contributed by atoms with van der Waals surface area (Å²) >= 11 is 0. The lowest BCUT2D eigenvalue weighted by Crippen LogP contribution is -2.29. The number of likely N-dealkylation sites (N-methyl/N-ethyl adjacent to an activating group) is 1. The van der Waals surface area contributed by atoms with Crippen molar-refractivity contribution in [2.45, 2.75) is 25.8 Å². The number of nitrogens with zero attached hydrogens (tertiary/aromatic N) is 2. The van der Waals surface area contributed by atoms with Gasteiger partial charge in [-0.2, -0.15) is 0 Å². The van der Waals surface area contributed by atoms with Gasteiger partial charge in [0.15, 0.2) is 0 Å². The third-order valence-corrected chi connectivity index (χ3v) is 2.88. The molecule has 1 fully saturated rings. The number of nitrogen functional groups attached to an aromatic ring is 1. The minimum absolute atomic E-state index is 0.0107. The molecule has 1 aliphatic carbocycles. The molecule has 4 heteroatoms. The van der Waals surface area contributed by atoms with Gasteiger partial charge in [0.05, 0.1) is 5.69 Å². The number of aromatic nitrogens is 1. The molecule has 2 N–H and O–H groups in total. The lowest BCUT2D eigenvalue weighted by Gasteiger charge is -2.18. The Balaban J connectivity index is 2.20. The van der Waals surface area contributed by atoms with E-state index in [1.54, 1.807) is 18.0 Å². The van der Waals surface area contributed by atoms with Gasteiger partial charge in [-0.25, -0.2) is 0 Å². The van der Waals surface area contributed by atoms with E-state index in [0.717, 1.165) is 18.4 Å². The van der Waals surface area contributed by atoms with E-state index in [2.05, 4.69) is 6.58 Å². The average Bonchev–Trinajstić information content (AvgIpc) is 3.00. The zero-order valence-corrected chi connectivity index (χ0v) is 10.4. The molecule has 1 aliphatic rings. The van der Waals surface area contributed by atoms with Crippen LogP contribution in [0.25, 0.3) is 0 Å². The molecule has 0 bridgehead atoms. The zero-order valence-electron chi connectivity index (χ0n) is 10.4. The molecule has 1 heterocycles. The van der Waals surface area contributed by atoms with Gasteiger partial charge in [0.1, 0.15) is 5.69 Å². The fraction of sp³-hybridized carbons (Fsp3) is 0.462. The predicted molar refractivity (Wildman–Crippen MR) is 68.9 cm³/mol. The summed E-state index contributed by atoms with van der Waals surface area (Å²) in [5.41, 5.74) is 8.09. The molecule has 0 aliphatic heterocycles. The van der Waals surface area contributed by atoms with Crippen LogP contribution in [0.2, 0.25) is 0 Å². The van der Waals surface area contributed by atoms with E-state index in [1.807, 2.05) is 17.7 Å². The first-order valence-electron chi connectivity index (χ1n) is 5.86. The SMILES string of the molecule is C=C(C)CN(C)C(=O)c1cc(N)cn1C1CC1. The van der Waals surface area contributed by atoms with Crippen LogP contribution in [0.5, 0.6) is 0 Å². The van der Waals surface area contributed by atoms with Gasteiger partial charge in [-0.3, -0.25) is 4.79 Å². The van der Waals surface area contributed by atoms with Crippen molar-refractivity contribution < 1.29 is 4.79 Å². The first-order valence-corrected chi connectivity index (χ1v) is 5.86. The summed E-state index contributed by atoms with van der Waals surface area (Å²) in [5, 5.41) is 0. The molecule has 0 saturated heterocycles. The maximum atomic E-state index is 12.3. The Morgan fingerprint density at radius 1 is 1.65 bits per heavy atom. The van der Waals surface area contributed by atoms with Crippen molar-refractivity contribution in [3.05, 3.63) is 30.1 Å². The number of carbonyl (C=O) groups excluding carboxylic acids is 1. The van der Waals surface area contributed by atoms with Gasteiger partial charge in [0.2, 0.25) is 0 Å². The molecule has 1 saturated carbocycles. The smallest absolute Gasteiger partial charge is 0.270 e. The van der Waals surface area contributed by atoms with Gasteiger partial charge < -0.3 is 15.2 Å². The van der Waals surface area contributed by atoms with E-state index in [4.69, 9.17) is 5.73 Å². The summed E-state index contributed by atoms with van der Waals surface area (Å²) in [6.07, 6.45) is 4.14. The van der Waals surface area contributed by atoms with Crippen LogP contribution in [-0.4, -0.2) is 29.0 Å². The van der Waals surface area contributed by atoms with Crippen LogP contribution >= 0.6 is 0 Å². The van der Waals surface area contributed by atoms with Crippen LogP contribution in [0.3, 0.4) is 0 Å². The van der Waals surface area contributed by atoms with Crippen molar-refractivity contribution in [1.29, 1.82) is 0 Å². The van der Waals surface area contributed by atoms with Crippen molar-refractivity contribution in [2.24, 2.45) is 0 Å². The minimum atomic E-state index is 0.0107. The monoisotopic (exact) mass is 233 g/mol. The lowest BCUT2D eigenvalue weighted by atomic mass is 10.3. The Bertz CT molecular complexity index is 457. The van der Waals surface area contributed by atoms with Crippen LogP contribution in [0.4, 0.5) is 5.69 Å². The summed E-state index contributed by atoms with van der Waals surface area (Å²) < 4.78 is 2.01. The standard InChI is InChI=1S/C13H19N3O/c1-9(2)7-15(3)13(17)12-6-10(14)8-16(12)11-4-5-11/h6,8,11H,1,4-5,7,14H2,2-3H3. The summed E-state index contributed by atoms with van der Waals surface area (Å²) in [6.45, 7) is 6.31. The normalized spacial score (nSPS) is 14.7. The van der Waals surface area contributed by atoms with Crippen molar-refractivity contribution >= 4 is 11.6 Å². The molecule has 0 aromatic carbocycles. The Morgan fingerprint density at radius 3 is 2.82 bits per heavy atom. The molecule has 1 aromatic heterocycles. The molecular weight excluding hydrogens is 214 g/mol. The lowest BCUT2D eigenvalue weighted by molar-refractivity contribution is 0.0796. The first kappa shape index (κ1) is 11.8. The summed E-state index contributed by atoms with van der Waals surface area (Å²) in [5.74, 6) is 0.0107. The maximum absolute atomic E-state index is 12.3. The number of hydrogen-bond acceptors (Lipinski definition) is 2. The fourth-order valence-corrected chi connectivity index (χ4v) is 2.00. The highest BCUT2D eigenvalue weighted by Crippen LogP contribution is 2.37. The second-order valence-electron chi connectivity index (χ2n) is 4.92. The van der Waals surface area contributed by atoms with Gasteiger partial charge in [-0.05, 0) is 25.8 Å². The number of carbonyl (C=O) groups is 1. The van der Waals surface area contributed by atoms with E-state index >= 15 is 0 Å². The number of amides is 1. The van der Waals surface area contributed by atoms with Crippen LogP contribution in [0, 0.1) is 0 Å². The fourth-order valence-electron chi connectivity index (χ4n) is 2.00. The largest absolute Gasteiger partial charge is 0.397 e. The van der Waals surface area contributed by atoms with E-state index in [9.17, 15) is 4.79 Å². The molecule has 17 heavy (non-hydrogen) atoms. The molecule has 0 spiro atoms. The maximum Gasteiger partial charge on any atom is 0.270 e. The van der Waals surface area contributed by atoms with Crippen LogP contribution < -0.4 is 5.73 Å².